The summed E-state index contributed by atoms with van der Waals surface area (Å²) in [6.07, 6.45) is 0. The minimum Gasteiger partial charge on any atom is -0.465 e. The molecule has 0 saturated heterocycles. The van der Waals surface area contributed by atoms with Gasteiger partial charge in [-0.3, -0.25) is 0 Å². The van der Waals surface area contributed by atoms with Crippen LogP contribution in [0.1, 0.15) is 15.9 Å². The van der Waals surface area contributed by atoms with E-state index >= 15 is 0 Å². The molecule has 0 amide bonds. The number of halogens is 2. The fourth-order valence-corrected chi connectivity index (χ4v) is 0.971. The van der Waals surface area contributed by atoms with Gasteiger partial charge in [0.2, 0.25) is 0 Å². The Bertz CT molecular complexity index is 424. The number of esters is 1. The first-order chi connectivity index (χ1) is 6.60. The summed E-state index contributed by atoms with van der Waals surface area (Å²) < 4.78 is 29.9. The van der Waals surface area contributed by atoms with E-state index in [1.54, 1.807) is 0 Å². The second-order valence-electron chi connectivity index (χ2n) is 2.41. The van der Waals surface area contributed by atoms with Crippen LogP contribution in [0.15, 0.2) is 12.1 Å². The molecule has 0 radical (unpaired) electrons. The van der Waals surface area contributed by atoms with Gasteiger partial charge < -0.3 is 4.74 Å². The number of hydrogen-bond acceptors (Lipinski definition) is 3. The van der Waals surface area contributed by atoms with E-state index in [0.717, 1.165) is 13.2 Å². The fourth-order valence-electron chi connectivity index (χ4n) is 0.971. The number of ether oxygens (including phenoxy) is 1. The molecular formula is C9H5F2NO2. The van der Waals surface area contributed by atoms with Crippen molar-refractivity contribution in [2.24, 2.45) is 0 Å². The van der Waals surface area contributed by atoms with E-state index in [4.69, 9.17) is 5.26 Å². The second kappa shape index (κ2) is 3.83. The summed E-state index contributed by atoms with van der Waals surface area (Å²) in [6.45, 7) is 0. The molecule has 0 aliphatic rings. The smallest absolute Gasteiger partial charge is 0.342 e. The molecule has 0 aromatic heterocycles. The Morgan fingerprint density at radius 1 is 1.50 bits per heavy atom. The van der Waals surface area contributed by atoms with Crippen molar-refractivity contribution in [3.8, 4) is 6.07 Å². The highest BCUT2D eigenvalue weighted by Gasteiger charge is 2.18. The first-order valence-corrected chi connectivity index (χ1v) is 3.57. The molecule has 0 bridgehead atoms. The molecule has 1 rings (SSSR count). The molecule has 0 spiro atoms. The molecule has 0 unspecified atom stereocenters. The predicted molar refractivity (Wildman–Crippen MR) is 42.4 cm³/mol. The summed E-state index contributed by atoms with van der Waals surface area (Å²) in [4.78, 5) is 11.0. The van der Waals surface area contributed by atoms with Gasteiger partial charge in [-0.2, -0.15) is 5.26 Å². The molecule has 1 aromatic carbocycles. The van der Waals surface area contributed by atoms with Crippen LogP contribution in [0.2, 0.25) is 0 Å². The Balaban J connectivity index is 3.42. The molecule has 0 aliphatic carbocycles. The third kappa shape index (κ3) is 1.69. The largest absolute Gasteiger partial charge is 0.465 e. The second-order valence-corrected chi connectivity index (χ2v) is 2.41. The zero-order chi connectivity index (χ0) is 10.7. The topological polar surface area (TPSA) is 50.1 Å². The van der Waals surface area contributed by atoms with Crippen LogP contribution in [0.4, 0.5) is 8.78 Å². The number of hydrogen-bond donors (Lipinski definition) is 0. The van der Waals surface area contributed by atoms with Gasteiger partial charge in [0.15, 0.2) is 0 Å². The summed E-state index contributed by atoms with van der Waals surface area (Å²) in [7, 11) is 1.05. The Kier molecular flexibility index (Phi) is 2.77. The molecule has 1 aromatic rings. The van der Waals surface area contributed by atoms with Gasteiger partial charge in [0.05, 0.1) is 12.7 Å². The highest BCUT2D eigenvalue weighted by Crippen LogP contribution is 2.16. The highest BCUT2D eigenvalue weighted by atomic mass is 19.1. The lowest BCUT2D eigenvalue weighted by molar-refractivity contribution is 0.0595. The summed E-state index contributed by atoms with van der Waals surface area (Å²) in [5.74, 6) is -3.01. The highest BCUT2D eigenvalue weighted by molar-refractivity contribution is 5.92. The number of carbonyl (C=O) groups is 1. The Morgan fingerprint density at radius 3 is 2.64 bits per heavy atom. The quantitative estimate of drug-likeness (QED) is 0.643. The van der Waals surface area contributed by atoms with E-state index in [1.807, 2.05) is 0 Å². The maximum atomic E-state index is 13.0. The number of methoxy groups -OCH3 is 1. The van der Waals surface area contributed by atoms with Crippen molar-refractivity contribution in [2.45, 2.75) is 0 Å². The SMILES string of the molecule is COC(=O)c1c(F)cc(F)cc1C#N. The van der Waals surface area contributed by atoms with Gasteiger partial charge in [-0.05, 0) is 6.07 Å². The Labute approximate surface area is 78.5 Å². The van der Waals surface area contributed by atoms with Gasteiger partial charge >= 0.3 is 5.97 Å². The first-order valence-electron chi connectivity index (χ1n) is 3.57. The molecule has 0 saturated carbocycles. The molecule has 0 N–H and O–H groups in total. The molecule has 72 valence electrons. The molecule has 0 heterocycles. The number of carbonyl (C=O) groups excluding carboxylic acids is 1. The summed E-state index contributed by atoms with van der Waals surface area (Å²) in [5, 5.41) is 8.52. The standard InChI is InChI=1S/C9H5F2NO2/c1-14-9(13)8-5(4-12)2-6(10)3-7(8)11/h2-3H,1H3. The number of rotatable bonds is 1. The lowest BCUT2D eigenvalue weighted by Gasteiger charge is -2.02. The van der Waals surface area contributed by atoms with E-state index in [2.05, 4.69) is 4.74 Å². The lowest BCUT2D eigenvalue weighted by atomic mass is 10.1. The molecule has 5 heteroatoms. The molecule has 14 heavy (non-hydrogen) atoms. The Morgan fingerprint density at radius 2 is 2.14 bits per heavy atom. The van der Waals surface area contributed by atoms with Crippen LogP contribution >= 0.6 is 0 Å². The van der Waals surface area contributed by atoms with Crippen LogP contribution in [-0.2, 0) is 4.74 Å². The van der Waals surface area contributed by atoms with Gasteiger partial charge in [0.25, 0.3) is 0 Å². The van der Waals surface area contributed by atoms with E-state index in [9.17, 15) is 13.6 Å². The average molecular weight is 197 g/mol. The van der Waals surface area contributed by atoms with Crippen molar-refractivity contribution in [2.75, 3.05) is 7.11 Å². The maximum absolute atomic E-state index is 13.0. The van der Waals surface area contributed by atoms with E-state index in [1.165, 1.54) is 6.07 Å². The fraction of sp³-hybridized carbons (Fsp3) is 0.111. The molecule has 3 nitrogen and oxygen atoms in total. The van der Waals surface area contributed by atoms with Crippen molar-refractivity contribution in [3.63, 3.8) is 0 Å². The van der Waals surface area contributed by atoms with Crippen molar-refractivity contribution in [1.29, 1.82) is 5.26 Å². The van der Waals surface area contributed by atoms with E-state index in [-0.39, 0.29) is 5.56 Å². The molecule has 0 fully saturated rings. The maximum Gasteiger partial charge on any atom is 0.342 e. The van der Waals surface area contributed by atoms with Crippen LogP contribution in [0.3, 0.4) is 0 Å². The van der Waals surface area contributed by atoms with Crippen molar-refractivity contribution >= 4 is 5.97 Å². The van der Waals surface area contributed by atoms with Gasteiger partial charge in [-0.25, -0.2) is 13.6 Å². The molecular weight excluding hydrogens is 192 g/mol. The van der Waals surface area contributed by atoms with Crippen molar-refractivity contribution < 1.29 is 18.3 Å². The third-order valence-corrected chi connectivity index (χ3v) is 1.56. The minimum atomic E-state index is -1.10. The van der Waals surface area contributed by atoms with Crippen LogP contribution < -0.4 is 0 Å². The molecule has 0 aliphatic heterocycles. The minimum absolute atomic E-state index is 0.380. The van der Waals surface area contributed by atoms with Crippen molar-refractivity contribution in [1.82, 2.24) is 0 Å². The zero-order valence-electron chi connectivity index (χ0n) is 7.17. The normalized spacial score (nSPS) is 9.29. The van der Waals surface area contributed by atoms with Crippen molar-refractivity contribution in [3.05, 3.63) is 34.9 Å². The van der Waals surface area contributed by atoms with Gasteiger partial charge in [0.1, 0.15) is 23.3 Å². The Hall–Kier alpha value is -1.96. The van der Waals surface area contributed by atoms with E-state index in [0.29, 0.717) is 6.07 Å². The third-order valence-electron chi connectivity index (χ3n) is 1.56. The first kappa shape index (κ1) is 10.1. The number of nitriles is 1. The van der Waals surface area contributed by atoms with Crippen LogP contribution in [-0.4, -0.2) is 13.1 Å². The number of benzene rings is 1. The van der Waals surface area contributed by atoms with Crippen LogP contribution in [0, 0.1) is 23.0 Å². The summed E-state index contributed by atoms with van der Waals surface area (Å²) in [5.41, 5.74) is -0.925. The van der Waals surface area contributed by atoms with Gasteiger partial charge in [-0.1, -0.05) is 0 Å². The monoisotopic (exact) mass is 197 g/mol. The van der Waals surface area contributed by atoms with Crippen LogP contribution in [0.5, 0.6) is 0 Å². The van der Waals surface area contributed by atoms with E-state index < -0.39 is 23.2 Å². The lowest BCUT2D eigenvalue weighted by Crippen LogP contribution is -2.08. The number of nitrogens with zero attached hydrogens (tertiary/aromatic N) is 1. The van der Waals surface area contributed by atoms with Crippen LogP contribution in [0.25, 0.3) is 0 Å². The summed E-state index contributed by atoms with van der Waals surface area (Å²) >= 11 is 0. The van der Waals surface area contributed by atoms with Gasteiger partial charge in [-0.15, -0.1) is 0 Å². The summed E-state index contributed by atoms with van der Waals surface area (Å²) in [6, 6.07) is 2.81. The average Bonchev–Trinajstić information content (AvgIpc) is 2.15. The predicted octanol–water partition coefficient (Wildman–Crippen LogP) is 1.62. The molecule has 0 atom stereocenters. The zero-order valence-corrected chi connectivity index (χ0v) is 7.17. The van der Waals surface area contributed by atoms with Gasteiger partial charge in [0, 0.05) is 6.07 Å².